The molecule has 0 atom stereocenters. The Balaban J connectivity index is 2.38. The second kappa shape index (κ2) is 5.04. The highest BCUT2D eigenvalue weighted by molar-refractivity contribution is 5.05. The van der Waals surface area contributed by atoms with Gasteiger partial charge in [0.15, 0.2) is 0 Å². The van der Waals surface area contributed by atoms with Crippen molar-refractivity contribution in [2.45, 2.75) is 25.7 Å². The van der Waals surface area contributed by atoms with Crippen molar-refractivity contribution in [2.24, 2.45) is 0 Å². The van der Waals surface area contributed by atoms with Gasteiger partial charge in [0.05, 0.1) is 0 Å². The predicted molar refractivity (Wildman–Crippen MR) is 45.9 cm³/mol. The number of allylic oxidation sites excluding steroid dienone is 6. The smallest absolute Gasteiger partial charge is 0.0166 e. The quantitative estimate of drug-likeness (QED) is 0.446. The van der Waals surface area contributed by atoms with Crippen LogP contribution in [-0.4, -0.2) is 0 Å². The van der Waals surface area contributed by atoms with E-state index in [4.69, 9.17) is 0 Å². The Hall–Kier alpha value is -0.780. The maximum Gasteiger partial charge on any atom is -0.0166 e. The standard InChI is InChI=1S/C10H14/c1-2-4-6-8-10-9-7-5-3-1/h1-4,7,9H,5-6,8,10H2/b3-1?,4-2?,9-7+. The minimum Gasteiger partial charge on any atom is -0.0882 e. The van der Waals surface area contributed by atoms with Crippen molar-refractivity contribution in [1.82, 2.24) is 0 Å². The second-order valence-corrected chi connectivity index (χ2v) is 2.49. The van der Waals surface area contributed by atoms with Gasteiger partial charge in [0.25, 0.3) is 0 Å². The minimum atomic E-state index is 1.09. The first kappa shape index (κ1) is 7.33. The monoisotopic (exact) mass is 134 g/mol. The molecule has 0 aromatic heterocycles. The molecule has 10 heavy (non-hydrogen) atoms. The summed E-state index contributed by atoms with van der Waals surface area (Å²) in [5.74, 6) is 0. The van der Waals surface area contributed by atoms with Crippen molar-refractivity contribution in [3.8, 4) is 0 Å². The minimum absolute atomic E-state index is 1.09. The lowest BCUT2D eigenvalue weighted by Crippen LogP contribution is -1.70. The Kier molecular flexibility index (Phi) is 3.69. The van der Waals surface area contributed by atoms with E-state index in [2.05, 4.69) is 36.5 Å². The SMILES string of the molecule is C1=CC/C=C/CCCC=C1. The molecule has 0 spiro atoms. The predicted octanol–water partition coefficient (Wildman–Crippen LogP) is 3.23. The molecule has 0 saturated heterocycles. The van der Waals surface area contributed by atoms with Crippen LogP contribution in [0.5, 0.6) is 0 Å². The summed E-state index contributed by atoms with van der Waals surface area (Å²) in [4.78, 5) is 0. The van der Waals surface area contributed by atoms with Crippen molar-refractivity contribution in [2.75, 3.05) is 0 Å². The van der Waals surface area contributed by atoms with Crippen LogP contribution < -0.4 is 0 Å². The van der Waals surface area contributed by atoms with Gasteiger partial charge in [-0.3, -0.25) is 0 Å². The molecule has 54 valence electrons. The molecule has 0 amide bonds. The molecule has 0 nitrogen and oxygen atoms in total. The largest absolute Gasteiger partial charge is 0.0882 e. The molecular weight excluding hydrogens is 120 g/mol. The van der Waals surface area contributed by atoms with Gasteiger partial charge in [-0.25, -0.2) is 0 Å². The summed E-state index contributed by atoms with van der Waals surface area (Å²) >= 11 is 0. The molecule has 0 aromatic rings. The Labute approximate surface area is 62.9 Å². The van der Waals surface area contributed by atoms with Gasteiger partial charge < -0.3 is 0 Å². The summed E-state index contributed by atoms with van der Waals surface area (Å²) in [6.07, 6.45) is 18.0. The fourth-order valence-corrected chi connectivity index (χ4v) is 0.978. The third kappa shape index (κ3) is 3.29. The zero-order valence-corrected chi connectivity index (χ0v) is 6.29. The first-order valence-electron chi connectivity index (χ1n) is 3.97. The summed E-state index contributed by atoms with van der Waals surface area (Å²) in [6.45, 7) is 0. The van der Waals surface area contributed by atoms with Crippen molar-refractivity contribution < 1.29 is 0 Å². The van der Waals surface area contributed by atoms with Crippen LogP contribution in [0.25, 0.3) is 0 Å². The summed E-state index contributed by atoms with van der Waals surface area (Å²) in [7, 11) is 0. The Bertz CT molecular complexity index is 149. The van der Waals surface area contributed by atoms with Gasteiger partial charge in [-0.05, 0) is 25.7 Å². The summed E-state index contributed by atoms with van der Waals surface area (Å²) in [5.41, 5.74) is 0. The molecule has 0 N–H and O–H groups in total. The zero-order chi connectivity index (χ0) is 7.07. The van der Waals surface area contributed by atoms with Crippen LogP contribution in [0.3, 0.4) is 0 Å². The van der Waals surface area contributed by atoms with Gasteiger partial charge in [0, 0.05) is 0 Å². The van der Waals surface area contributed by atoms with Gasteiger partial charge in [-0.15, -0.1) is 0 Å². The molecule has 1 aliphatic rings. The molecule has 0 bridgehead atoms. The van der Waals surface area contributed by atoms with E-state index in [0.29, 0.717) is 0 Å². The normalized spacial score (nSPS) is 22.4. The molecule has 0 fully saturated rings. The Morgan fingerprint density at radius 2 is 1.50 bits per heavy atom. The van der Waals surface area contributed by atoms with E-state index >= 15 is 0 Å². The van der Waals surface area contributed by atoms with Crippen LogP contribution in [0.2, 0.25) is 0 Å². The molecule has 0 aliphatic heterocycles. The maximum absolute atomic E-state index is 2.27. The fourth-order valence-electron chi connectivity index (χ4n) is 0.978. The van der Waals surface area contributed by atoms with Gasteiger partial charge in [-0.1, -0.05) is 36.5 Å². The van der Waals surface area contributed by atoms with E-state index in [1.165, 1.54) is 19.3 Å². The highest BCUT2D eigenvalue weighted by Gasteiger charge is 1.80. The fraction of sp³-hybridized carbons (Fsp3) is 0.400. The van der Waals surface area contributed by atoms with E-state index in [1.807, 2.05) is 0 Å². The maximum atomic E-state index is 2.27. The molecule has 0 heterocycles. The third-order valence-electron chi connectivity index (χ3n) is 1.56. The van der Waals surface area contributed by atoms with Crippen LogP contribution in [0.4, 0.5) is 0 Å². The van der Waals surface area contributed by atoms with Crippen molar-refractivity contribution in [1.29, 1.82) is 0 Å². The van der Waals surface area contributed by atoms with Crippen LogP contribution >= 0.6 is 0 Å². The van der Waals surface area contributed by atoms with Crippen LogP contribution in [0, 0.1) is 0 Å². The molecule has 0 radical (unpaired) electrons. The number of hydrogen-bond acceptors (Lipinski definition) is 0. The van der Waals surface area contributed by atoms with E-state index in [9.17, 15) is 0 Å². The Morgan fingerprint density at radius 3 is 2.50 bits per heavy atom. The van der Waals surface area contributed by atoms with Gasteiger partial charge in [0.1, 0.15) is 0 Å². The molecular formula is C10H14. The summed E-state index contributed by atoms with van der Waals surface area (Å²) < 4.78 is 0. The average Bonchev–Trinajstić information content (AvgIpc) is 2.01. The summed E-state index contributed by atoms with van der Waals surface area (Å²) in [6, 6.07) is 0. The zero-order valence-electron chi connectivity index (χ0n) is 6.29. The van der Waals surface area contributed by atoms with E-state index in [1.54, 1.807) is 0 Å². The second-order valence-electron chi connectivity index (χ2n) is 2.49. The van der Waals surface area contributed by atoms with E-state index in [-0.39, 0.29) is 0 Å². The molecule has 0 saturated carbocycles. The molecule has 0 unspecified atom stereocenters. The van der Waals surface area contributed by atoms with E-state index < -0.39 is 0 Å². The lowest BCUT2D eigenvalue weighted by molar-refractivity contribution is 0.865. The number of hydrogen-bond donors (Lipinski definition) is 0. The molecule has 1 rings (SSSR count). The number of rotatable bonds is 0. The summed E-state index contributed by atoms with van der Waals surface area (Å²) in [5, 5.41) is 0. The van der Waals surface area contributed by atoms with Gasteiger partial charge in [-0.2, -0.15) is 0 Å². The molecule has 0 aromatic carbocycles. The Morgan fingerprint density at radius 1 is 0.700 bits per heavy atom. The molecule has 1 aliphatic carbocycles. The highest BCUT2D eigenvalue weighted by atomic mass is 13.9. The first-order chi connectivity index (χ1) is 5.00. The highest BCUT2D eigenvalue weighted by Crippen LogP contribution is 2.01. The lowest BCUT2D eigenvalue weighted by atomic mass is 10.2. The topological polar surface area (TPSA) is 0 Å². The van der Waals surface area contributed by atoms with Crippen molar-refractivity contribution >= 4 is 0 Å². The van der Waals surface area contributed by atoms with Crippen molar-refractivity contribution in [3.05, 3.63) is 36.5 Å². The third-order valence-corrected chi connectivity index (χ3v) is 1.56. The van der Waals surface area contributed by atoms with Gasteiger partial charge >= 0.3 is 0 Å². The van der Waals surface area contributed by atoms with Gasteiger partial charge in [0.2, 0.25) is 0 Å². The van der Waals surface area contributed by atoms with Crippen LogP contribution in [-0.2, 0) is 0 Å². The average molecular weight is 134 g/mol. The van der Waals surface area contributed by atoms with Crippen LogP contribution in [0.15, 0.2) is 36.5 Å². The van der Waals surface area contributed by atoms with Crippen molar-refractivity contribution in [3.63, 3.8) is 0 Å². The van der Waals surface area contributed by atoms with Crippen LogP contribution in [0.1, 0.15) is 25.7 Å². The van der Waals surface area contributed by atoms with E-state index in [0.717, 1.165) is 6.42 Å². The first-order valence-corrected chi connectivity index (χ1v) is 3.97. The molecule has 0 heteroatoms. The lowest BCUT2D eigenvalue weighted by Gasteiger charge is -1.91.